The van der Waals surface area contributed by atoms with Crippen molar-refractivity contribution in [1.82, 2.24) is 30.1 Å². The first kappa shape index (κ1) is 17.8. The summed E-state index contributed by atoms with van der Waals surface area (Å²) in [5.41, 5.74) is 2.68. The van der Waals surface area contributed by atoms with Crippen molar-refractivity contribution in [2.75, 3.05) is 7.05 Å². The van der Waals surface area contributed by atoms with E-state index in [0.29, 0.717) is 13.0 Å². The summed E-state index contributed by atoms with van der Waals surface area (Å²) in [7, 11) is 1.73. The molecule has 28 heavy (non-hydrogen) atoms. The van der Waals surface area contributed by atoms with Gasteiger partial charge in [0, 0.05) is 30.1 Å². The molecule has 0 spiro atoms. The average molecular weight is 378 g/mol. The summed E-state index contributed by atoms with van der Waals surface area (Å²) in [5, 5.41) is 12.0. The molecule has 0 saturated carbocycles. The number of fused-ring (bicyclic) bond motifs is 1. The summed E-state index contributed by atoms with van der Waals surface area (Å²) in [4.78, 5) is 18.0. The Hall–Kier alpha value is -3.55. The van der Waals surface area contributed by atoms with Gasteiger partial charge in [-0.25, -0.2) is 9.07 Å². The molecular weight excluding hydrogens is 359 g/mol. The van der Waals surface area contributed by atoms with Gasteiger partial charge in [0.1, 0.15) is 18.2 Å². The Morgan fingerprint density at radius 2 is 2.04 bits per heavy atom. The average Bonchev–Trinajstić information content (AvgIpc) is 3.35. The minimum absolute atomic E-state index is 0.110. The number of likely N-dealkylation sites (N-methyl/N-ethyl adjacent to an activating group) is 1. The maximum atomic E-state index is 13.4. The van der Waals surface area contributed by atoms with E-state index in [9.17, 15) is 9.18 Å². The summed E-state index contributed by atoms with van der Waals surface area (Å²) in [5.74, 6) is -0.398. The molecule has 8 heteroatoms. The van der Waals surface area contributed by atoms with Gasteiger partial charge >= 0.3 is 0 Å². The fraction of sp³-hybridized carbons (Fsp3) is 0.200. The molecule has 0 aliphatic rings. The lowest BCUT2D eigenvalue weighted by molar-refractivity contribution is -0.134. The minimum atomic E-state index is -0.552. The van der Waals surface area contributed by atoms with Gasteiger partial charge in [-0.3, -0.25) is 4.79 Å². The molecule has 142 valence electrons. The number of carbonyl (C=O) groups is 1. The highest BCUT2D eigenvalue weighted by Crippen LogP contribution is 2.20. The van der Waals surface area contributed by atoms with E-state index in [2.05, 4.69) is 20.5 Å². The molecule has 1 amide bonds. The number of hydrogen-bond donors (Lipinski definition) is 1. The number of aromatic amines is 1. The van der Waals surface area contributed by atoms with E-state index in [1.807, 2.05) is 36.4 Å². The Kier molecular flexibility index (Phi) is 4.84. The normalized spacial score (nSPS) is 12.2. The third-order valence-electron chi connectivity index (χ3n) is 4.66. The molecule has 4 rings (SSSR count). The topological polar surface area (TPSA) is 79.7 Å². The molecule has 1 N–H and O–H groups in total. The lowest BCUT2D eigenvalue weighted by Gasteiger charge is -2.23. The molecule has 7 nitrogen and oxygen atoms in total. The molecule has 1 atom stereocenters. The molecule has 0 radical (unpaired) electrons. The number of aromatic nitrogens is 5. The Labute approximate surface area is 160 Å². The summed E-state index contributed by atoms with van der Waals surface area (Å²) >= 11 is 0. The van der Waals surface area contributed by atoms with Gasteiger partial charge in [0.15, 0.2) is 0 Å². The Morgan fingerprint density at radius 1 is 1.21 bits per heavy atom. The molecule has 0 aliphatic carbocycles. The minimum Gasteiger partial charge on any atom is -0.357 e. The predicted molar refractivity (Wildman–Crippen MR) is 102 cm³/mol. The van der Waals surface area contributed by atoms with E-state index in [-0.39, 0.29) is 11.7 Å². The van der Waals surface area contributed by atoms with Crippen LogP contribution in [0.1, 0.15) is 17.3 Å². The van der Waals surface area contributed by atoms with E-state index in [1.54, 1.807) is 18.0 Å². The van der Waals surface area contributed by atoms with Crippen LogP contribution in [-0.2, 0) is 17.8 Å². The molecule has 1 unspecified atom stereocenters. The lowest BCUT2D eigenvalue weighted by Crippen LogP contribution is -2.35. The van der Waals surface area contributed by atoms with Crippen molar-refractivity contribution in [2.45, 2.75) is 19.0 Å². The maximum absolute atomic E-state index is 13.4. The van der Waals surface area contributed by atoms with E-state index in [0.717, 1.165) is 22.2 Å². The number of hydrogen-bond acceptors (Lipinski definition) is 4. The Bertz CT molecular complexity index is 1080. The van der Waals surface area contributed by atoms with Crippen molar-refractivity contribution < 1.29 is 9.18 Å². The molecule has 0 bridgehead atoms. The lowest BCUT2D eigenvalue weighted by atomic mass is 10.1. The standard InChI is InChI=1S/C20H19FN6O/c1-26(12-17-11-15-10-16(21)7-8-18(15)23-17)20(28)19(27-13-22-24-25-27)9-14-5-3-2-4-6-14/h2-8,10-11,13,19,23H,9,12H2,1H3. The van der Waals surface area contributed by atoms with Crippen LogP contribution < -0.4 is 0 Å². The van der Waals surface area contributed by atoms with Crippen molar-refractivity contribution in [2.24, 2.45) is 0 Å². The van der Waals surface area contributed by atoms with E-state index in [4.69, 9.17) is 0 Å². The van der Waals surface area contributed by atoms with Crippen LogP contribution in [0.3, 0.4) is 0 Å². The monoisotopic (exact) mass is 378 g/mol. The number of benzene rings is 2. The van der Waals surface area contributed by atoms with Crippen molar-refractivity contribution in [3.8, 4) is 0 Å². The quantitative estimate of drug-likeness (QED) is 0.559. The molecule has 0 aliphatic heterocycles. The Morgan fingerprint density at radius 3 is 2.79 bits per heavy atom. The second-order valence-corrected chi connectivity index (χ2v) is 6.72. The van der Waals surface area contributed by atoms with Crippen LogP contribution in [0, 0.1) is 5.82 Å². The number of amides is 1. The van der Waals surface area contributed by atoms with Gasteiger partial charge in [-0.1, -0.05) is 30.3 Å². The van der Waals surface area contributed by atoms with Crippen LogP contribution >= 0.6 is 0 Å². The fourth-order valence-corrected chi connectivity index (χ4v) is 3.28. The van der Waals surface area contributed by atoms with Crippen molar-refractivity contribution in [3.63, 3.8) is 0 Å². The van der Waals surface area contributed by atoms with Crippen LogP contribution in [0.15, 0.2) is 60.9 Å². The number of nitrogens with zero attached hydrogens (tertiary/aromatic N) is 5. The zero-order chi connectivity index (χ0) is 19.5. The zero-order valence-electron chi connectivity index (χ0n) is 15.3. The fourth-order valence-electron chi connectivity index (χ4n) is 3.28. The van der Waals surface area contributed by atoms with E-state index < -0.39 is 6.04 Å². The maximum Gasteiger partial charge on any atom is 0.248 e. The van der Waals surface area contributed by atoms with Crippen LogP contribution in [0.4, 0.5) is 4.39 Å². The highest BCUT2D eigenvalue weighted by molar-refractivity contribution is 5.82. The highest BCUT2D eigenvalue weighted by atomic mass is 19.1. The van der Waals surface area contributed by atoms with E-state index in [1.165, 1.54) is 23.1 Å². The van der Waals surface area contributed by atoms with Gasteiger partial charge in [0.2, 0.25) is 5.91 Å². The van der Waals surface area contributed by atoms with Gasteiger partial charge in [-0.2, -0.15) is 0 Å². The summed E-state index contributed by atoms with van der Waals surface area (Å²) in [6.07, 6.45) is 1.93. The molecule has 4 aromatic rings. The summed E-state index contributed by atoms with van der Waals surface area (Å²) < 4.78 is 14.9. The number of nitrogens with one attached hydrogen (secondary N) is 1. The van der Waals surface area contributed by atoms with Crippen molar-refractivity contribution in [1.29, 1.82) is 0 Å². The van der Waals surface area contributed by atoms with Crippen LogP contribution in [0.2, 0.25) is 0 Å². The smallest absolute Gasteiger partial charge is 0.248 e. The molecule has 2 aromatic heterocycles. The van der Waals surface area contributed by atoms with Crippen molar-refractivity contribution >= 4 is 16.8 Å². The number of carbonyl (C=O) groups excluding carboxylic acids is 1. The largest absolute Gasteiger partial charge is 0.357 e. The highest BCUT2D eigenvalue weighted by Gasteiger charge is 2.26. The van der Waals surface area contributed by atoms with Gasteiger partial charge in [0.05, 0.1) is 6.54 Å². The molecule has 2 aromatic carbocycles. The zero-order valence-corrected chi connectivity index (χ0v) is 15.3. The van der Waals surface area contributed by atoms with Gasteiger partial charge < -0.3 is 9.88 Å². The Balaban J connectivity index is 1.55. The molecule has 0 saturated heterocycles. The number of halogens is 1. The summed E-state index contributed by atoms with van der Waals surface area (Å²) in [6, 6.07) is 15.6. The van der Waals surface area contributed by atoms with Crippen LogP contribution in [0.5, 0.6) is 0 Å². The number of tetrazole rings is 1. The molecule has 2 heterocycles. The van der Waals surface area contributed by atoms with Crippen LogP contribution in [0.25, 0.3) is 10.9 Å². The number of H-pyrrole nitrogens is 1. The predicted octanol–water partition coefficient (Wildman–Crippen LogP) is 2.74. The van der Waals surface area contributed by atoms with Gasteiger partial charge in [-0.05, 0) is 40.3 Å². The molecular formula is C20H19FN6O. The van der Waals surface area contributed by atoms with E-state index >= 15 is 0 Å². The summed E-state index contributed by atoms with van der Waals surface area (Å²) in [6.45, 7) is 0.364. The first-order valence-electron chi connectivity index (χ1n) is 8.88. The van der Waals surface area contributed by atoms with Gasteiger partial charge in [-0.15, -0.1) is 5.10 Å². The SMILES string of the molecule is CN(Cc1cc2cc(F)ccc2[nH]1)C(=O)C(Cc1ccccc1)n1cnnn1. The van der Waals surface area contributed by atoms with Gasteiger partial charge in [0.25, 0.3) is 0 Å². The van der Waals surface area contributed by atoms with Crippen LogP contribution in [-0.4, -0.2) is 43.0 Å². The van der Waals surface area contributed by atoms with Crippen molar-refractivity contribution in [3.05, 3.63) is 78.0 Å². The third kappa shape index (κ3) is 3.75. The second-order valence-electron chi connectivity index (χ2n) is 6.72. The second kappa shape index (κ2) is 7.59. The number of rotatable bonds is 6. The first-order valence-corrected chi connectivity index (χ1v) is 8.88. The first-order chi connectivity index (χ1) is 13.6. The molecule has 0 fully saturated rings. The third-order valence-corrected chi connectivity index (χ3v) is 4.66.